The third-order valence-corrected chi connectivity index (χ3v) is 5.63. The Hall–Kier alpha value is -3.72. The Morgan fingerprint density at radius 1 is 1.16 bits per heavy atom. The van der Waals surface area contributed by atoms with E-state index in [2.05, 4.69) is 4.98 Å². The van der Waals surface area contributed by atoms with Crippen LogP contribution in [0.25, 0.3) is 16.9 Å². The molecule has 0 spiro atoms. The topological polar surface area (TPSA) is 109 Å². The molecule has 0 radical (unpaired) electrons. The predicted molar refractivity (Wildman–Crippen MR) is 118 cm³/mol. The second-order valence-corrected chi connectivity index (χ2v) is 8.04. The zero-order valence-corrected chi connectivity index (χ0v) is 18.1. The molecular weight excluding hydrogens is 412 g/mol. The van der Waals surface area contributed by atoms with Gasteiger partial charge in [0.2, 0.25) is 0 Å². The summed E-state index contributed by atoms with van der Waals surface area (Å²) >= 11 is 0. The standard InChI is InChI=1S/C23H24N4O5/c1-25(2)11-4-12-27-19(14-7-9-24-10-8-14)18(21(29)22(27)30)20(28)15-5-6-16-17(13-15)32-23(31)26(16)3/h5-10,13,19,28H,4,11-12H2,1-3H3/b20-18+/t19-/m0/s1. The van der Waals surface area contributed by atoms with Gasteiger partial charge in [-0.15, -0.1) is 0 Å². The molecule has 1 saturated heterocycles. The van der Waals surface area contributed by atoms with Gasteiger partial charge in [-0.25, -0.2) is 4.79 Å². The van der Waals surface area contributed by atoms with E-state index in [9.17, 15) is 19.5 Å². The summed E-state index contributed by atoms with van der Waals surface area (Å²) in [6.07, 6.45) is 3.84. The molecule has 4 rings (SSSR count). The molecule has 3 heterocycles. The lowest BCUT2D eigenvalue weighted by molar-refractivity contribution is -0.139. The Morgan fingerprint density at radius 2 is 1.88 bits per heavy atom. The van der Waals surface area contributed by atoms with Gasteiger partial charge in [0.05, 0.1) is 17.1 Å². The first-order chi connectivity index (χ1) is 15.3. The molecule has 1 N–H and O–H groups in total. The van der Waals surface area contributed by atoms with E-state index in [1.165, 1.54) is 15.5 Å². The average Bonchev–Trinajstić information content (AvgIpc) is 3.20. The molecule has 32 heavy (non-hydrogen) atoms. The highest BCUT2D eigenvalue weighted by Gasteiger charge is 2.45. The van der Waals surface area contributed by atoms with Crippen LogP contribution in [0.4, 0.5) is 0 Å². The molecule has 1 fully saturated rings. The molecular formula is C23H24N4O5. The van der Waals surface area contributed by atoms with Crippen LogP contribution in [-0.4, -0.2) is 63.3 Å². The summed E-state index contributed by atoms with van der Waals surface area (Å²) < 4.78 is 6.55. The number of aliphatic hydroxyl groups is 1. The molecule has 9 heteroatoms. The van der Waals surface area contributed by atoms with Crippen molar-refractivity contribution in [1.29, 1.82) is 0 Å². The maximum atomic E-state index is 13.0. The Kier molecular flexibility index (Phi) is 5.67. The third kappa shape index (κ3) is 3.71. The lowest BCUT2D eigenvalue weighted by Crippen LogP contribution is -2.32. The van der Waals surface area contributed by atoms with Gasteiger partial charge in [0.25, 0.3) is 11.7 Å². The van der Waals surface area contributed by atoms with Gasteiger partial charge in [0, 0.05) is 31.5 Å². The number of fused-ring (bicyclic) bond motifs is 1. The maximum Gasteiger partial charge on any atom is 0.419 e. The highest BCUT2D eigenvalue weighted by atomic mass is 16.4. The first-order valence-electron chi connectivity index (χ1n) is 10.2. The quantitative estimate of drug-likeness (QED) is 0.357. The van der Waals surface area contributed by atoms with E-state index < -0.39 is 23.5 Å². The first-order valence-corrected chi connectivity index (χ1v) is 10.2. The zero-order chi connectivity index (χ0) is 23.0. The second-order valence-electron chi connectivity index (χ2n) is 8.04. The minimum atomic E-state index is -0.747. The summed E-state index contributed by atoms with van der Waals surface area (Å²) in [6.45, 7) is 1.11. The summed E-state index contributed by atoms with van der Waals surface area (Å²) in [4.78, 5) is 45.3. The minimum Gasteiger partial charge on any atom is -0.507 e. The number of aliphatic hydroxyl groups excluding tert-OH is 1. The number of oxazole rings is 1. The number of carbonyl (C=O) groups excluding carboxylic acids is 2. The van der Waals surface area contributed by atoms with Gasteiger partial charge in [0.15, 0.2) is 5.58 Å². The number of aromatic nitrogens is 2. The number of hydrogen-bond donors (Lipinski definition) is 1. The number of pyridine rings is 1. The van der Waals surface area contributed by atoms with Crippen molar-refractivity contribution in [1.82, 2.24) is 19.4 Å². The van der Waals surface area contributed by atoms with Gasteiger partial charge in [-0.05, 0) is 63.0 Å². The number of Topliss-reactive ketones (excluding diaryl/α,β-unsaturated/α-hetero) is 1. The number of likely N-dealkylation sites (tertiary alicyclic amines) is 1. The molecule has 3 aromatic rings. The average molecular weight is 436 g/mol. The van der Waals surface area contributed by atoms with E-state index in [-0.39, 0.29) is 22.5 Å². The minimum absolute atomic E-state index is 0.00341. The Morgan fingerprint density at radius 3 is 2.56 bits per heavy atom. The van der Waals surface area contributed by atoms with Crippen LogP contribution in [0.1, 0.15) is 23.6 Å². The van der Waals surface area contributed by atoms with Crippen molar-refractivity contribution in [3.8, 4) is 0 Å². The molecule has 1 amide bonds. The van der Waals surface area contributed by atoms with Crippen molar-refractivity contribution >= 4 is 28.5 Å². The monoisotopic (exact) mass is 436 g/mol. The molecule has 0 unspecified atom stereocenters. The van der Waals surface area contributed by atoms with Crippen LogP contribution in [0.5, 0.6) is 0 Å². The maximum absolute atomic E-state index is 13.0. The van der Waals surface area contributed by atoms with Crippen LogP contribution in [0.15, 0.2) is 57.5 Å². The molecule has 0 bridgehead atoms. The number of amides is 1. The predicted octanol–water partition coefficient (Wildman–Crippen LogP) is 1.90. The summed E-state index contributed by atoms with van der Waals surface area (Å²) in [5, 5.41) is 11.1. The zero-order valence-electron chi connectivity index (χ0n) is 18.1. The van der Waals surface area contributed by atoms with E-state index in [0.29, 0.717) is 24.0 Å². The van der Waals surface area contributed by atoms with Crippen LogP contribution >= 0.6 is 0 Å². The molecule has 1 aromatic carbocycles. The van der Waals surface area contributed by atoms with Crippen molar-refractivity contribution in [3.63, 3.8) is 0 Å². The van der Waals surface area contributed by atoms with Crippen molar-refractivity contribution in [2.75, 3.05) is 27.2 Å². The van der Waals surface area contributed by atoms with E-state index in [0.717, 1.165) is 6.54 Å². The molecule has 1 aliphatic heterocycles. The van der Waals surface area contributed by atoms with Gasteiger partial charge in [-0.3, -0.25) is 19.1 Å². The normalized spacial score (nSPS) is 18.2. The fourth-order valence-electron chi connectivity index (χ4n) is 4.00. The fraction of sp³-hybridized carbons (Fsp3) is 0.304. The van der Waals surface area contributed by atoms with Gasteiger partial charge in [-0.1, -0.05) is 0 Å². The molecule has 9 nitrogen and oxygen atoms in total. The summed E-state index contributed by atoms with van der Waals surface area (Å²) in [6, 6.07) is 7.43. The largest absolute Gasteiger partial charge is 0.507 e. The summed E-state index contributed by atoms with van der Waals surface area (Å²) in [5.74, 6) is -2.24. The molecule has 166 valence electrons. The van der Waals surface area contributed by atoms with E-state index >= 15 is 0 Å². The van der Waals surface area contributed by atoms with Crippen molar-refractivity contribution < 1.29 is 19.1 Å². The number of hydrogen-bond acceptors (Lipinski definition) is 7. The summed E-state index contributed by atoms with van der Waals surface area (Å²) in [7, 11) is 5.45. The number of carbonyl (C=O) groups is 2. The Labute approximate surface area is 184 Å². The molecule has 1 atom stereocenters. The van der Waals surface area contributed by atoms with Crippen LogP contribution in [0.3, 0.4) is 0 Å². The van der Waals surface area contributed by atoms with Crippen molar-refractivity contribution in [2.24, 2.45) is 7.05 Å². The molecule has 2 aromatic heterocycles. The second kappa shape index (κ2) is 8.43. The number of ketones is 1. The number of benzene rings is 1. The van der Waals surface area contributed by atoms with E-state index in [4.69, 9.17) is 4.42 Å². The number of rotatable bonds is 6. The first kappa shape index (κ1) is 21.5. The van der Waals surface area contributed by atoms with Crippen molar-refractivity contribution in [2.45, 2.75) is 12.5 Å². The highest BCUT2D eigenvalue weighted by molar-refractivity contribution is 6.46. The number of aryl methyl sites for hydroxylation is 1. The van der Waals surface area contributed by atoms with E-state index in [1.54, 1.807) is 43.7 Å². The van der Waals surface area contributed by atoms with E-state index in [1.807, 2.05) is 19.0 Å². The lowest BCUT2D eigenvalue weighted by Gasteiger charge is -2.25. The molecule has 0 aliphatic carbocycles. The molecule has 1 aliphatic rings. The highest BCUT2D eigenvalue weighted by Crippen LogP contribution is 2.39. The Balaban J connectivity index is 1.82. The van der Waals surface area contributed by atoms with Gasteiger partial charge >= 0.3 is 5.76 Å². The van der Waals surface area contributed by atoms with Gasteiger partial charge < -0.3 is 19.3 Å². The van der Waals surface area contributed by atoms with Crippen LogP contribution in [0.2, 0.25) is 0 Å². The Bertz CT molecular complexity index is 1270. The van der Waals surface area contributed by atoms with Gasteiger partial charge in [-0.2, -0.15) is 0 Å². The molecule has 0 saturated carbocycles. The van der Waals surface area contributed by atoms with Crippen molar-refractivity contribution in [3.05, 3.63) is 70.0 Å². The van der Waals surface area contributed by atoms with Crippen LogP contribution in [-0.2, 0) is 16.6 Å². The number of nitrogens with zero attached hydrogens (tertiary/aromatic N) is 4. The van der Waals surface area contributed by atoms with Crippen LogP contribution in [0, 0.1) is 0 Å². The fourth-order valence-corrected chi connectivity index (χ4v) is 4.00. The smallest absolute Gasteiger partial charge is 0.419 e. The summed E-state index contributed by atoms with van der Waals surface area (Å²) in [5.41, 5.74) is 1.81. The lowest BCUT2D eigenvalue weighted by atomic mass is 9.96. The van der Waals surface area contributed by atoms with Crippen LogP contribution < -0.4 is 5.76 Å². The SMILES string of the molecule is CN(C)CCCN1C(=O)C(=O)/C(=C(/O)c2ccc3c(c2)oc(=O)n3C)[C@@H]1c1ccncc1. The third-order valence-electron chi connectivity index (χ3n) is 5.63. The van der Waals surface area contributed by atoms with Gasteiger partial charge in [0.1, 0.15) is 5.76 Å².